The molecular formula is C14H13ClN6. The SMILES string of the molecule is CNc1ccc(Cl)c(Cn2nnc(-c3ccccc3)n2)n1. The van der Waals surface area contributed by atoms with E-state index < -0.39 is 0 Å². The molecule has 3 rings (SSSR count). The van der Waals surface area contributed by atoms with Crippen LogP contribution in [0.4, 0.5) is 5.82 Å². The maximum atomic E-state index is 6.15. The van der Waals surface area contributed by atoms with Crippen LogP contribution in [0.15, 0.2) is 42.5 Å². The quantitative estimate of drug-likeness (QED) is 0.801. The van der Waals surface area contributed by atoms with Crippen LogP contribution in [0.5, 0.6) is 0 Å². The largest absolute Gasteiger partial charge is 0.373 e. The van der Waals surface area contributed by atoms with Gasteiger partial charge in [-0.3, -0.25) is 0 Å². The van der Waals surface area contributed by atoms with Crippen LogP contribution in [0.25, 0.3) is 11.4 Å². The van der Waals surface area contributed by atoms with Gasteiger partial charge in [-0.25, -0.2) is 4.98 Å². The molecule has 21 heavy (non-hydrogen) atoms. The molecule has 1 aromatic carbocycles. The van der Waals surface area contributed by atoms with Crippen LogP contribution in [0.2, 0.25) is 5.02 Å². The molecule has 1 N–H and O–H groups in total. The molecule has 0 fully saturated rings. The molecule has 0 aliphatic carbocycles. The molecule has 7 heteroatoms. The highest BCUT2D eigenvalue weighted by Crippen LogP contribution is 2.18. The summed E-state index contributed by atoms with van der Waals surface area (Å²) in [4.78, 5) is 5.88. The number of pyridine rings is 1. The Morgan fingerprint density at radius 2 is 1.95 bits per heavy atom. The number of halogens is 1. The van der Waals surface area contributed by atoms with Crippen molar-refractivity contribution in [2.75, 3.05) is 12.4 Å². The van der Waals surface area contributed by atoms with Gasteiger partial charge in [-0.1, -0.05) is 41.9 Å². The average molecular weight is 301 g/mol. The predicted molar refractivity (Wildman–Crippen MR) is 81.1 cm³/mol. The summed E-state index contributed by atoms with van der Waals surface area (Å²) in [6.45, 7) is 0.369. The lowest BCUT2D eigenvalue weighted by atomic mass is 10.2. The van der Waals surface area contributed by atoms with Gasteiger partial charge in [-0.2, -0.15) is 4.80 Å². The fourth-order valence-electron chi connectivity index (χ4n) is 1.88. The summed E-state index contributed by atoms with van der Waals surface area (Å²) >= 11 is 6.15. The van der Waals surface area contributed by atoms with E-state index in [9.17, 15) is 0 Å². The first-order chi connectivity index (χ1) is 10.3. The number of benzene rings is 1. The monoisotopic (exact) mass is 300 g/mol. The third-order valence-corrected chi connectivity index (χ3v) is 3.29. The molecule has 0 atom stereocenters. The van der Waals surface area contributed by atoms with Crippen molar-refractivity contribution >= 4 is 17.4 Å². The Morgan fingerprint density at radius 1 is 1.14 bits per heavy atom. The second-order valence-electron chi connectivity index (χ2n) is 4.38. The highest BCUT2D eigenvalue weighted by molar-refractivity contribution is 6.31. The van der Waals surface area contributed by atoms with Crippen molar-refractivity contribution in [1.29, 1.82) is 0 Å². The van der Waals surface area contributed by atoms with Gasteiger partial charge >= 0.3 is 0 Å². The zero-order valence-corrected chi connectivity index (χ0v) is 12.1. The van der Waals surface area contributed by atoms with Crippen LogP contribution >= 0.6 is 11.6 Å². The molecule has 2 heterocycles. The van der Waals surface area contributed by atoms with Gasteiger partial charge in [0, 0.05) is 12.6 Å². The van der Waals surface area contributed by atoms with E-state index >= 15 is 0 Å². The van der Waals surface area contributed by atoms with E-state index in [1.807, 2.05) is 36.4 Å². The van der Waals surface area contributed by atoms with Crippen molar-refractivity contribution in [2.45, 2.75) is 6.54 Å². The fourth-order valence-corrected chi connectivity index (χ4v) is 2.05. The van der Waals surface area contributed by atoms with E-state index in [-0.39, 0.29) is 0 Å². The van der Waals surface area contributed by atoms with Crippen LogP contribution in [-0.4, -0.2) is 32.2 Å². The third kappa shape index (κ3) is 3.00. The van der Waals surface area contributed by atoms with Gasteiger partial charge in [0.1, 0.15) is 12.4 Å². The summed E-state index contributed by atoms with van der Waals surface area (Å²) in [6.07, 6.45) is 0. The lowest BCUT2D eigenvalue weighted by Gasteiger charge is -2.05. The maximum Gasteiger partial charge on any atom is 0.204 e. The van der Waals surface area contributed by atoms with E-state index in [4.69, 9.17) is 11.6 Å². The molecule has 6 nitrogen and oxygen atoms in total. The van der Waals surface area contributed by atoms with Crippen LogP contribution < -0.4 is 5.32 Å². The number of rotatable bonds is 4. The van der Waals surface area contributed by atoms with Gasteiger partial charge in [-0.15, -0.1) is 10.2 Å². The smallest absolute Gasteiger partial charge is 0.204 e. The number of hydrogen-bond acceptors (Lipinski definition) is 5. The number of anilines is 1. The molecule has 0 spiro atoms. The van der Waals surface area contributed by atoms with E-state index in [2.05, 4.69) is 25.7 Å². The molecule has 106 valence electrons. The van der Waals surface area contributed by atoms with Crippen molar-refractivity contribution in [1.82, 2.24) is 25.2 Å². The summed E-state index contributed by atoms with van der Waals surface area (Å²) in [5.41, 5.74) is 1.62. The normalized spacial score (nSPS) is 10.6. The van der Waals surface area contributed by atoms with E-state index in [1.54, 1.807) is 13.1 Å². The maximum absolute atomic E-state index is 6.15. The molecule has 2 aromatic heterocycles. The van der Waals surface area contributed by atoms with Crippen LogP contribution in [0.3, 0.4) is 0 Å². The van der Waals surface area contributed by atoms with Crippen LogP contribution in [0.1, 0.15) is 5.69 Å². The number of aromatic nitrogens is 5. The van der Waals surface area contributed by atoms with E-state index in [0.29, 0.717) is 23.1 Å². The molecule has 3 aromatic rings. The summed E-state index contributed by atoms with van der Waals surface area (Å²) in [5.74, 6) is 1.33. The predicted octanol–water partition coefficient (Wildman–Crippen LogP) is 2.48. The molecular weight excluding hydrogens is 288 g/mol. The van der Waals surface area contributed by atoms with Crippen LogP contribution in [0, 0.1) is 0 Å². The summed E-state index contributed by atoms with van der Waals surface area (Å²) in [6, 6.07) is 13.3. The molecule has 0 aliphatic rings. The molecule has 0 radical (unpaired) electrons. The number of nitrogens with zero attached hydrogens (tertiary/aromatic N) is 5. The highest BCUT2D eigenvalue weighted by Gasteiger charge is 2.09. The summed E-state index contributed by atoms with van der Waals surface area (Å²) < 4.78 is 0. The van der Waals surface area contributed by atoms with Gasteiger partial charge in [0.2, 0.25) is 5.82 Å². The van der Waals surface area contributed by atoms with Crippen molar-refractivity contribution in [3.63, 3.8) is 0 Å². The van der Waals surface area contributed by atoms with Crippen molar-refractivity contribution < 1.29 is 0 Å². The minimum Gasteiger partial charge on any atom is -0.373 e. The van der Waals surface area contributed by atoms with Crippen molar-refractivity contribution in [3.8, 4) is 11.4 Å². The molecule has 0 unspecified atom stereocenters. The minimum atomic E-state index is 0.369. The molecule has 0 saturated carbocycles. The van der Waals surface area contributed by atoms with Crippen molar-refractivity contribution in [3.05, 3.63) is 53.2 Å². The van der Waals surface area contributed by atoms with E-state index in [0.717, 1.165) is 11.4 Å². The first-order valence-corrected chi connectivity index (χ1v) is 6.80. The van der Waals surface area contributed by atoms with Gasteiger partial charge in [0.15, 0.2) is 0 Å². The first-order valence-electron chi connectivity index (χ1n) is 6.42. The summed E-state index contributed by atoms with van der Waals surface area (Å²) in [5, 5.41) is 16.0. The molecule has 0 bridgehead atoms. The topological polar surface area (TPSA) is 68.5 Å². The second-order valence-corrected chi connectivity index (χ2v) is 4.79. The number of nitrogens with one attached hydrogen (secondary N) is 1. The Kier molecular flexibility index (Phi) is 3.79. The summed E-state index contributed by atoms with van der Waals surface area (Å²) in [7, 11) is 1.81. The number of hydrogen-bond donors (Lipinski definition) is 1. The Bertz CT molecular complexity index is 740. The standard InChI is InChI=1S/C14H13ClN6/c1-16-13-8-7-11(15)12(17-13)9-21-19-14(18-20-21)10-5-3-2-4-6-10/h2-8H,9H2,1H3,(H,16,17). The number of tetrazole rings is 1. The Labute approximate surface area is 126 Å². The fraction of sp³-hybridized carbons (Fsp3) is 0.143. The Hall–Kier alpha value is -2.47. The van der Waals surface area contributed by atoms with E-state index in [1.165, 1.54) is 4.80 Å². The average Bonchev–Trinajstić information content (AvgIpc) is 2.99. The third-order valence-electron chi connectivity index (χ3n) is 2.95. The van der Waals surface area contributed by atoms with Gasteiger partial charge in [0.25, 0.3) is 0 Å². The molecule has 0 amide bonds. The Balaban J connectivity index is 1.85. The van der Waals surface area contributed by atoms with Gasteiger partial charge in [-0.05, 0) is 17.3 Å². The lowest BCUT2D eigenvalue weighted by Crippen LogP contribution is -2.07. The van der Waals surface area contributed by atoms with Crippen LogP contribution in [-0.2, 0) is 6.54 Å². The van der Waals surface area contributed by atoms with Gasteiger partial charge < -0.3 is 5.32 Å². The Morgan fingerprint density at radius 3 is 2.71 bits per heavy atom. The lowest BCUT2D eigenvalue weighted by molar-refractivity contribution is 0.565. The highest BCUT2D eigenvalue weighted by atomic mass is 35.5. The van der Waals surface area contributed by atoms with Gasteiger partial charge in [0.05, 0.1) is 10.7 Å². The molecule has 0 aliphatic heterocycles. The first kappa shape index (κ1) is 13.5. The molecule has 0 saturated heterocycles. The zero-order valence-electron chi connectivity index (χ0n) is 11.4. The van der Waals surface area contributed by atoms with Crippen molar-refractivity contribution in [2.24, 2.45) is 0 Å². The second kappa shape index (κ2) is 5.88. The zero-order chi connectivity index (χ0) is 14.7. The minimum absolute atomic E-state index is 0.369.